The van der Waals surface area contributed by atoms with Crippen molar-refractivity contribution in [3.05, 3.63) is 89.0 Å². The lowest BCUT2D eigenvalue weighted by Gasteiger charge is -2.35. The zero-order chi connectivity index (χ0) is 24.6. The molecule has 0 spiro atoms. The number of ether oxygens (including phenoxy) is 1. The van der Waals surface area contributed by atoms with Crippen LogP contribution < -0.4 is 14.4 Å². The lowest BCUT2D eigenvalue weighted by molar-refractivity contribution is -0.128. The van der Waals surface area contributed by atoms with Crippen molar-refractivity contribution < 1.29 is 17.9 Å². The summed E-state index contributed by atoms with van der Waals surface area (Å²) in [5.41, 5.74) is 5.19. The molecule has 3 aromatic carbocycles. The van der Waals surface area contributed by atoms with Crippen LogP contribution in [0.4, 0.5) is 5.69 Å². The molecule has 1 aliphatic heterocycles. The van der Waals surface area contributed by atoms with Crippen LogP contribution in [-0.4, -0.2) is 27.0 Å². The van der Waals surface area contributed by atoms with Crippen molar-refractivity contribution in [3.63, 3.8) is 0 Å². The van der Waals surface area contributed by atoms with Crippen LogP contribution in [0, 0.1) is 6.92 Å². The fraction of sp³-hybridized carbons (Fsp3) is 0.321. The van der Waals surface area contributed by atoms with Crippen molar-refractivity contribution in [2.45, 2.75) is 56.6 Å². The standard InChI is InChI=1S/C28H30N2O4S/c1-19-11-15-24(16-12-19)35(32,33)30-18-27(34-26-10-6-5-9-25(26)30)28(31)29-20(2)22-14-13-21-7-3-4-8-23(21)17-22/h5-6,9-17,20,27H,3-4,7-8,18H2,1-2H3,(H,29,31)/t20-,27+/m0/s1. The highest BCUT2D eigenvalue weighted by molar-refractivity contribution is 7.92. The minimum absolute atomic E-state index is 0.101. The van der Waals surface area contributed by atoms with Crippen molar-refractivity contribution in [2.75, 3.05) is 10.8 Å². The van der Waals surface area contributed by atoms with Crippen LogP contribution in [0.15, 0.2) is 71.6 Å². The van der Waals surface area contributed by atoms with E-state index < -0.39 is 16.1 Å². The van der Waals surface area contributed by atoms with E-state index in [1.807, 2.05) is 13.8 Å². The van der Waals surface area contributed by atoms with Gasteiger partial charge in [0, 0.05) is 0 Å². The molecule has 2 atom stereocenters. The number of benzene rings is 3. The van der Waals surface area contributed by atoms with Crippen molar-refractivity contribution in [1.82, 2.24) is 5.32 Å². The summed E-state index contributed by atoms with van der Waals surface area (Å²) in [7, 11) is -3.88. The van der Waals surface area contributed by atoms with Gasteiger partial charge in [-0.25, -0.2) is 8.42 Å². The molecule has 6 nitrogen and oxygen atoms in total. The predicted molar refractivity (Wildman–Crippen MR) is 136 cm³/mol. The van der Waals surface area contributed by atoms with Crippen LogP contribution in [0.3, 0.4) is 0 Å². The van der Waals surface area contributed by atoms with Crippen molar-refractivity contribution in [1.29, 1.82) is 0 Å². The third-order valence-electron chi connectivity index (χ3n) is 6.87. The van der Waals surface area contributed by atoms with Crippen molar-refractivity contribution in [2.24, 2.45) is 0 Å². The minimum atomic E-state index is -3.88. The molecule has 1 N–H and O–H groups in total. The topological polar surface area (TPSA) is 75.7 Å². The number of anilines is 1. The van der Waals surface area contributed by atoms with Gasteiger partial charge in [0.25, 0.3) is 15.9 Å². The normalized spacial score (nSPS) is 18.1. The third-order valence-corrected chi connectivity index (χ3v) is 8.66. The van der Waals surface area contributed by atoms with E-state index in [4.69, 9.17) is 4.74 Å². The highest BCUT2D eigenvalue weighted by atomic mass is 32.2. The molecule has 0 aromatic heterocycles. The number of nitrogens with one attached hydrogen (secondary N) is 1. The SMILES string of the molecule is Cc1ccc(S(=O)(=O)N2C[C@H](C(=O)N[C@@H](C)c3ccc4c(c3)CCCC4)Oc3ccccc32)cc1. The van der Waals surface area contributed by atoms with Gasteiger partial charge in [0.1, 0.15) is 5.75 Å². The Labute approximate surface area is 207 Å². The number of hydrogen-bond donors (Lipinski definition) is 1. The molecule has 5 rings (SSSR count). The van der Waals surface area contributed by atoms with Crippen LogP contribution in [0.1, 0.15) is 48.1 Å². The maximum absolute atomic E-state index is 13.5. The van der Waals surface area contributed by atoms with Gasteiger partial charge < -0.3 is 10.1 Å². The fourth-order valence-electron chi connectivity index (χ4n) is 4.82. The average Bonchev–Trinajstić information content (AvgIpc) is 2.87. The Morgan fingerprint density at radius 1 is 1.00 bits per heavy atom. The van der Waals surface area contributed by atoms with E-state index in [1.165, 1.54) is 28.3 Å². The first-order valence-corrected chi connectivity index (χ1v) is 13.5. The van der Waals surface area contributed by atoms with E-state index >= 15 is 0 Å². The van der Waals surface area contributed by atoms with Gasteiger partial charge in [-0.2, -0.15) is 0 Å². The average molecular weight is 491 g/mol. The van der Waals surface area contributed by atoms with Crippen LogP contribution in [-0.2, 0) is 27.7 Å². The lowest BCUT2D eigenvalue weighted by Crippen LogP contribution is -2.51. The number of para-hydroxylation sites is 2. The first kappa shape index (κ1) is 23.4. The van der Waals surface area contributed by atoms with Crippen LogP contribution >= 0.6 is 0 Å². The van der Waals surface area contributed by atoms with Crippen molar-refractivity contribution >= 4 is 21.6 Å². The smallest absolute Gasteiger partial charge is 0.264 e. The summed E-state index contributed by atoms with van der Waals surface area (Å²) in [4.78, 5) is 13.5. The highest BCUT2D eigenvalue weighted by Gasteiger charge is 2.37. The monoisotopic (exact) mass is 490 g/mol. The number of amides is 1. The summed E-state index contributed by atoms with van der Waals surface area (Å²) in [6, 6.07) is 19.8. The number of sulfonamides is 1. The van der Waals surface area contributed by atoms with E-state index in [0.29, 0.717) is 11.4 Å². The van der Waals surface area contributed by atoms with Gasteiger partial charge in [-0.15, -0.1) is 0 Å². The minimum Gasteiger partial charge on any atom is -0.476 e. The Morgan fingerprint density at radius 3 is 2.49 bits per heavy atom. The third kappa shape index (κ3) is 4.65. The molecule has 0 saturated heterocycles. The number of fused-ring (bicyclic) bond motifs is 2. The number of aryl methyl sites for hydroxylation is 3. The molecule has 1 aliphatic carbocycles. The Kier molecular flexibility index (Phi) is 6.28. The first-order valence-electron chi connectivity index (χ1n) is 12.1. The predicted octanol–water partition coefficient (Wildman–Crippen LogP) is 4.71. The molecule has 182 valence electrons. The number of hydrogen-bond acceptors (Lipinski definition) is 4. The van der Waals surface area contributed by atoms with E-state index in [-0.39, 0.29) is 23.4 Å². The van der Waals surface area contributed by atoms with E-state index in [0.717, 1.165) is 24.0 Å². The zero-order valence-corrected chi connectivity index (χ0v) is 20.8. The van der Waals surface area contributed by atoms with Gasteiger partial charge in [-0.05, 0) is 80.5 Å². The lowest BCUT2D eigenvalue weighted by atomic mass is 9.89. The summed E-state index contributed by atoms with van der Waals surface area (Å²) in [6.07, 6.45) is 3.62. The van der Waals surface area contributed by atoms with Gasteiger partial charge in [0.05, 0.1) is 23.2 Å². The number of carbonyl (C=O) groups is 1. The molecule has 0 bridgehead atoms. The Bertz CT molecular complexity index is 1350. The number of carbonyl (C=O) groups excluding carboxylic acids is 1. The van der Waals surface area contributed by atoms with Gasteiger partial charge in [-0.1, -0.05) is 48.0 Å². The molecular weight excluding hydrogens is 460 g/mol. The molecule has 0 unspecified atom stereocenters. The summed E-state index contributed by atoms with van der Waals surface area (Å²) < 4.78 is 34.4. The summed E-state index contributed by atoms with van der Waals surface area (Å²) in [6.45, 7) is 3.75. The van der Waals surface area contributed by atoms with Crippen molar-refractivity contribution in [3.8, 4) is 5.75 Å². The van der Waals surface area contributed by atoms with Crippen LogP contribution in [0.5, 0.6) is 5.75 Å². The maximum Gasteiger partial charge on any atom is 0.264 e. The summed E-state index contributed by atoms with van der Waals surface area (Å²) in [5.74, 6) is 0.0323. The van der Waals surface area contributed by atoms with Gasteiger partial charge >= 0.3 is 0 Å². The quantitative estimate of drug-likeness (QED) is 0.562. The molecule has 0 fully saturated rings. The van der Waals surface area contributed by atoms with Gasteiger partial charge in [0.15, 0.2) is 6.10 Å². The maximum atomic E-state index is 13.5. The molecule has 1 heterocycles. The largest absolute Gasteiger partial charge is 0.476 e. The van der Waals surface area contributed by atoms with E-state index in [1.54, 1.807) is 48.5 Å². The molecular formula is C28H30N2O4S. The fourth-order valence-corrected chi connectivity index (χ4v) is 6.29. The molecule has 0 radical (unpaired) electrons. The van der Waals surface area contributed by atoms with Crippen LogP contribution in [0.2, 0.25) is 0 Å². The number of rotatable bonds is 5. The van der Waals surface area contributed by atoms with Crippen LogP contribution in [0.25, 0.3) is 0 Å². The second kappa shape index (κ2) is 9.38. The van der Waals surface area contributed by atoms with E-state index in [2.05, 4.69) is 23.5 Å². The van der Waals surface area contributed by atoms with Gasteiger partial charge in [-0.3, -0.25) is 9.10 Å². The second-order valence-electron chi connectivity index (χ2n) is 9.39. The molecule has 3 aromatic rings. The zero-order valence-electron chi connectivity index (χ0n) is 20.0. The number of nitrogens with zero attached hydrogens (tertiary/aromatic N) is 1. The Morgan fingerprint density at radius 2 is 1.71 bits per heavy atom. The first-order chi connectivity index (χ1) is 16.8. The molecule has 1 amide bonds. The molecule has 35 heavy (non-hydrogen) atoms. The summed E-state index contributed by atoms with van der Waals surface area (Å²) >= 11 is 0. The Balaban J connectivity index is 1.38. The summed E-state index contributed by atoms with van der Waals surface area (Å²) in [5, 5.41) is 3.04. The van der Waals surface area contributed by atoms with E-state index in [9.17, 15) is 13.2 Å². The Hall–Kier alpha value is -3.32. The molecule has 0 saturated carbocycles. The second-order valence-corrected chi connectivity index (χ2v) is 11.3. The molecule has 7 heteroatoms. The molecule has 2 aliphatic rings. The highest BCUT2D eigenvalue weighted by Crippen LogP contribution is 2.37. The van der Waals surface area contributed by atoms with Gasteiger partial charge in [0.2, 0.25) is 0 Å².